The molecule has 2 N–H and O–H groups in total. The Morgan fingerprint density at radius 3 is 2.83 bits per heavy atom. The predicted molar refractivity (Wildman–Crippen MR) is 87.4 cm³/mol. The van der Waals surface area contributed by atoms with Gasteiger partial charge >= 0.3 is 0 Å². The molecule has 0 spiro atoms. The van der Waals surface area contributed by atoms with Gasteiger partial charge in [0.05, 0.1) is 12.2 Å². The van der Waals surface area contributed by atoms with Crippen LogP contribution in [0.25, 0.3) is 0 Å². The average Bonchev–Trinajstić information content (AvgIpc) is 2.81. The Morgan fingerprint density at radius 1 is 1.35 bits per heavy atom. The monoisotopic (exact) mass is 311 g/mol. The van der Waals surface area contributed by atoms with E-state index in [4.69, 9.17) is 0 Å². The number of amides is 1. The summed E-state index contributed by atoms with van der Waals surface area (Å²) in [4.78, 5) is 32.2. The summed E-state index contributed by atoms with van der Waals surface area (Å²) < 4.78 is 0. The van der Waals surface area contributed by atoms with Crippen molar-refractivity contribution in [2.45, 2.75) is 40.2 Å². The smallest absolute Gasteiger partial charge is 0.268 e. The number of carbonyl (C=O) groups is 2. The van der Waals surface area contributed by atoms with Crippen molar-refractivity contribution in [3.63, 3.8) is 0 Å². The first-order valence-corrected chi connectivity index (χ1v) is 7.80. The zero-order valence-electron chi connectivity index (χ0n) is 13.7. The number of aromatic amines is 1. The fraction of sp³-hybridized carbons (Fsp3) is 0.389. The van der Waals surface area contributed by atoms with Crippen molar-refractivity contribution in [2.75, 3.05) is 0 Å². The molecule has 2 heterocycles. The third-order valence-corrected chi connectivity index (χ3v) is 4.28. The maximum Gasteiger partial charge on any atom is 0.268 e. The summed E-state index contributed by atoms with van der Waals surface area (Å²) in [6.45, 7) is 6.35. The van der Waals surface area contributed by atoms with Gasteiger partial charge in [-0.3, -0.25) is 14.6 Å². The Labute approximate surface area is 135 Å². The molecule has 0 radical (unpaired) electrons. The Morgan fingerprint density at radius 2 is 2.13 bits per heavy atom. The molecule has 0 saturated carbocycles. The van der Waals surface area contributed by atoms with Gasteiger partial charge in [0.1, 0.15) is 5.69 Å². The first-order valence-electron chi connectivity index (χ1n) is 7.80. The third-order valence-electron chi connectivity index (χ3n) is 4.28. The van der Waals surface area contributed by atoms with Crippen molar-refractivity contribution in [1.29, 1.82) is 0 Å². The minimum absolute atomic E-state index is 0.0664. The lowest BCUT2D eigenvalue weighted by Crippen LogP contribution is -2.26. The minimum atomic E-state index is -0.201. The van der Waals surface area contributed by atoms with Crippen LogP contribution in [0.1, 0.15) is 58.1 Å². The highest BCUT2D eigenvalue weighted by Crippen LogP contribution is 2.36. The number of fused-ring (bicyclic) bond motifs is 1. The summed E-state index contributed by atoms with van der Waals surface area (Å²) in [7, 11) is 0. The number of Topliss-reactive ketones (excluding diaryl/α,β-unsaturated/α-hetero) is 1. The van der Waals surface area contributed by atoms with Crippen LogP contribution in [0.2, 0.25) is 0 Å². The molecule has 120 valence electrons. The largest absolute Gasteiger partial charge is 0.354 e. The first kappa shape index (κ1) is 15.5. The van der Waals surface area contributed by atoms with E-state index in [1.165, 1.54) is 0 Å². The second-order valence-electron chi connectivity index (χ2n) is 6.92. The molecule has 0 bridgehead atoms. The van der Waals surface area contributed by atoms with Gasteiger partial charge in [-0.1, -0.05) is 19.9 Å². The number of aromatic nitrogens is 2. The van der Waals surface area contributed by atoms with Crippen LogP contribution in [0.15, 0.2) is 24.4 Å². The average molecular weight is 311 g/mol. The lowest BCUT2D eigenvalue weighted by Gasteiger charge is -2.28. The van der Waals surface area contributed by atoms with E-state index < -0.39 is 0 Å². The van der Waals surface area contributed by atoms with Crippen LogP contribution in [0.3, 0.4) is 0 Å². The van der Waals surface area contributed by atoms with Crippen LogP contribution >= 0.6 is 0 Å². The molecule has 5 nitrogen and oxygen atoms in total. The number of hydrogen-bond donors (Lipinski definition) is 2. The summed E-state index contributed by atoms with van der Waals surface area (Å²) >= 11 is 0. The summed E-state index contributed by atoms with van der Waals surface area (Å²) in [6.07, 6.45) is 3.00. The molecule has 23 heavy (non-hydrogen) atoms. The van der Waals surface area contributed by atoms with E-state index in [0.717, 1.165) is 23.4 Å². The van der Waals surface area contributed by atoms with Crippen molar-refractivity contribution < 1.29 is 9.59 Å². The van der Waals surface area contributed by atoms with Gasteiger partial charge in [0.2, 0.25) is 0 Å². The van der Waals surface area contributed by atoms with Crippen LogP contribution in [0, 0.1) is 12.3 Å². The fourth-order valence-corrected chi connectivity index (χ4v) is 3.22. The van der Waals surface area contributed by atoms with E-state index in [-0.39, 0.29) is 17.1 Å². The first-order chi connectivity index (χ1) is 10.9. The van der Waals surface area contributed by atoms with Crippen LogP contribution < -0.4 is 5.32 Å². The molecule has 0 saturated heterocycles. The summed E-state index contributed by atoms with van der Waals surface area (Å²) in [5.41, 5.74) is 3.55. The molecular formula is C18H21N3O2. The molecule has 2 aromatic heterocycles. The van der Waals surface area contributed by atoms with E-state index in [1.807, 2.05) is 25.1 Å². The van der Waals surface area contributed by atoms with Crippen molar-refractivity contribution in [2.24, 2.45) is 5.41 Å². The van der Waals surface area contributed by atoms with Gasteiger partial charge in [-0.25, -0.2) is 0 Å². The third kappa shape index (κ3) is 3.04. The lowest BCUT2D eigenvalue weighted by molar-refractivity contribution is 0.0909. The topological polar surface area (TPSA) is 74.8 Å². The van der Waals surface area contributed by atoms with Crippen LogP contribution in [0.5, 0.6) is 0 Å². The number of carbonyl (C=O) groups excluding carboxylic acids is 2. The molecule has 0 aliphatic heterocycles. The maximum absolute atomic E-state index is 12.4. The second kappa shape index (κ2) is 5.65. The molecule has 2 aromatic rings. The number of pyridine rings is 1. The molecular weight excluding hydrogens is 290 g/mol. The number of rotatable bonds is 3. The van der Waals surface area contributed by atoms with Gasteiger partial charge in [-0.05, 0) is 36.5 Å². The summed E-state index contributed by atoms with van der Waals surface area (Å²) in [5.74, 6) is -0.0815. The maximum atomic E-state index is 12.4. The van der Waals surface area contributed by atoms with Crippen molar-refractivity contribution >= 4 is 11.7 Å². The van der Waals surface area contributed by atoms with E-state index in [0.29, 0.717) is 24.2 Å². The Hall–Kier alpha value is -2.43. The van der Waals surface area contributed by atoms with E-state index in [1.54, 1.807) is 6.20 Å². The van der Waals surface area contributed by atoms with Crippen molar-refractivity contribution in [3.05, 3.63) is 52.6 Å². The zero-order valence-corrected chi connectivity index (χ0v) is 13.7. The molecule has 1 amide bonds. The van der Waals surface area contributed by atoms with Crippen LogP contribution in [0.4, 0.5) is 0 Å². The Bertz CT molecular complexity index is 760. The van der Waals surface area contributed by atoms with Gasteiger partial charge < -0.3 is 10.3 Å². The van der Waals surface area contributed by atoms with Crippen LogP contribution in [-0.2, 0) is 13.0 Å². The van der Waals surface area contributed by atoms with Gasteiger partial charge in [0.25, 0.3) is 5.91 Å². The molecule has 0 aromatic carbocycles. The van der Waals surface area contributed by atoms with Gasteiger partial charge in [-0.15, -0.1) is 0 Å². The molecule has 1 aliphatic carbocycles. The van der Waals surface area contributed by atoms with Crippen molar-refractivity contribution in [1.82, 2.24) is 15.3 Å². The lowest BCUT2D eigenvalue weighted by atomic mass is 9.75. The normalized spacial score (nSPS) is 16.0. The Balaban J connectivity index is 1.81. The van der Waals surface area contributed by atoms with Gasteiger partial charge in [-0.2, -0.15) is 0 Å². The highest BCUT2D eigenvalue weighted by atomic mass is 16.2. The molecule has 0 unspecified atom stereocenters. The highest BCUT2D eigenvalue weighted by molar-refractivity contribution is 6.04. The van der Waals surface area contributed by atoms with Gasteiger partial charge in [0, 0.05) is 23.9 Å². The van der Waals surface area contributed by atoms with E-state index in [9.17, 15) is 9.59 Å². The number of nitrogens with one attached hydrogen (secondary N) is 2. The summed E-state index contributed by atoms with van der Waals surface area (Å²) in [6, 6.07) is 5.58. The molecule has 3 rings (SSSR count). The highest BCUT2D eigenvalue weighted by Gasteiger charge is 2.35. The molecule has 0 atom stereocenters. The number of hydrogen-bond acceptors (Lipinski definition) is 3. The fourth-order valence-electron chi connectivity index (χ4n) is 3.22. The van der Waals surface area contributed by atoms with E-state index in [2.05, 4.69) is 29.1 Å². The zero-order chi connectivity index (χ0) is 16.6. The SMILES string of the molecule is Cc1c(C(=O)NCc2ccccn2)[nH]c2c1C(=O)CC(C)(C)C2. The predicted octanol–water partition coefficient (Wildman–Crippen LogP) is 2.80. The Kier molecular flexibility index (Phi) is 3.80. The quantitative estimate of drug-likeness (QED) is 0.915. The van der Waals surface area contributed by atoms with Crippen molar-refractivity contribution in [3.8, 4) is 0 Å². The molecule has 5 heteroatoms. The standard InChI is InChI=1S/C18H21N3O2/c1-11-15-13(8-18(2,3)9-14(15)22)21-16(11)17(23)20-10-12-6-4-5-7-19-12/h4-7,21H,8-10H2,1-3H3,(H,20,23). The number of nitrogens with zero attached hydrogens (tertiary/aromatic N) is 1. The molecule has 0 fully saturated rings. The number of ketones is 1. The summed E-state index contributed by atoms with van der Waals surface area (Å²) in [5, 5.41) is 2.86. The minimum Gasteiger partial charge on any atom is -0.354 e. The number of H-pyrrole nitrogens is 1. The van der Waals surface area contributed by atoms with Crippen LogP contribution in [-0.4, -0.2) is 21.7 Å². The van der Waals surface area contributed by atoms with Gasteiger partial charge in [0.15, 0.2) is 5.78 Å². The molecule has 1 aliphatic rings. The second-order valence-corrected chi connectivity index (χ2v) is 6.92. The van der Waals surface area contributed by atoms with E-state index >= 15 is 0 Å².